The van der Waals surface area contributed by atoms with Crippen molar-refractivity contribution in [2.24, 2.45) is 11.7 Å². The molecule has 7 nitrogen and oxygen atoms in total. The third kappa shape index (κ3) is 4.47. The fourth-order valence-electron chi connectivity index (χ4n) is 3.06. The van der Waals surface area contributed by atoms with Crippen LogP contribution in [0.15, 0.2) is 24.3 Å². The fraction of sp³-hybridized carbons (Fsp3) is 0.500. The average molecular weight is 371 g/mol. The van der Waals surface area contributed by atoms with E-state index in [1.165, 1.54) is 30.0 Å². The first kappa shape index (κ1) is 19.2. The van der Waals surface area contributed by atoms with E-state index in [1.54, 1.807) is 0 Å². The van der Waals surface area contributed by atoms with Crippen LogP contribution in [0.4, 0.5) is 10.1 Å². The minimum absolute atomic E-state index is 0.0929. The SMILES string of the molecule is C[C@@H](C(=O)N1CCC(C(N)=O)CC1)N(c1cccc(F)c1)S(C)(=O)=O. The predicted octanol–water partition coefficient (Wildman–Crippen LogP) is 0.704. The number of carbonyl (C=O) groups excluding carboxylic acids is 2. The smallest absolute Gasteiger partial charge is 0.246 e. The molecule has 1 atom stereocenters. The van der Waals surface area contributed by atoms with Gasteiger partial charge in [0.15, 0.2) is 0 Å². The molecule has 138 valence electrons. The highest BCUT2D eigenvalue weighted by atomic mass is 32.2. The zero-order valence-corrected chi connectivity index (χ0v) is 15.0. The van der Waals surface area contributed by atoms with E-state index in [9.17, 15) is 22.4 Å². The monoisotopic (exact) mass is 371 g/mol. The van der Waals surface area contributed by atoms with Crippen LogP contribution in [-0.4, -0.2) is 50.5 Å². The maximum absolute atomic E-state index is 13.5. The number of amides is 2. The lowest BCUT2D eigenvalue weighted by molar-refractivity contribution is -0.135. The summed E-state index contributed by atoms with van der Waals surface area (Å²) in [7, 11) is -3.80. The van der Waals surface area contributed by atoms with E-state index in [0.29, 0.717) is 25.9 Å². The van der Waals surface area contributed by atoms with Gasteiger partial charge in [-0.25, -0.2) is 12.8 Å². The van der Waals surface area contributed by atoms with Gasteiger partial charge in [-0.1, -0.05) is 6.07 Å². The number of nitrogens with two attached hydrogens (primary N) is 1. The van der Waals surface area contributed by atoms with Crippen molar-refractivity contribution in [2.45, 2.75) is 25.8 Å². The number of benzene rings is 1. The van der Waals surface area contributed by atoms with Gasteiger partial charge in [0, 0.05) is 19.0 Å². The molecule has 1 heterocycles. The molecule has 2 amide bonds. The van der Waals surface area contributed by atoms with Gasteiger partial charge < -0.3 is 10.6 Å². The van der Waals surface area contributed by atoms with Crippen LogP contribution in [0.3, 0.4) is 0 Å². The van der Waals surface area contributed by atoms with Crippen molar-refractivity contribution in [2.75, 3.05) is 23.7 Å². The summed E-state index contributed by atoms with van der Waals surface area (Å²) in [5.74, 6) is -1.64. The quantitative estimate of drug-likeness (QED) is 0.823. The lowest BCUT2D eigenvalue weighted by Gasteiger charge is -2.36. The number of likely N-dealkylation sites (tertiary alicyclic amines) is 1. The molecule has 1 aliphatic heterocycles. The van der Waals surface area contributed by atoms with Crippen molar-refractivity contribution in [3.8, 4) is 0 Å². The fourth-order valence-corrected chi connectivity index (χ4v) is 4.23. The van der Waals surface area contributed by atoms with Crippen LogP contribution in [-0.2, 0) is 19.6 Å². The van der Waals surface area contributed by atoms with Gasteiger partial charge in [-0.2, -0.15) is 0 Å². The molecule has 0 aromatic heterocycles. The summed E-state index contributed by atoms with van der Waals surface area (Å²) >= 11 is 0. The molecule has 2 N–H and O–H groups in total. The van der Waals surface area contributed by atoms with Crippen LogP contribution in [0.1, 0.15) is 19.8 Å². The molecule has 0 aliphatic carbocycles. The maximum atomic E-state index is 13.5. The van der Waals surface area contributed by atoms with Crippen molar-refractivity contribution in [1.82, 2.24) is 4.90 Å². The van der Waals surface area contributed by atoms with Crippen molar-refractivity contribution in [3.63, 3.8) is 0 Å². The zero-order chi connectivity index (χ0) is 18.8. The molecule has 9 heteroatoms. The van der Waals surface area contributed by atoms with E-state index in [2.05, 4.69) is 0 Å². The minimum Gasteiger partial charge on any atom is -0.369 e. The van der Waals surface area contributed by atoms with Crippen LogP contribution < -0.4 is 10.0 Å². The van der Waals surface area contributed by atoms with Gasteiger partial charge in [-0.15, -0.1) is 0 Å². The second-order valence-electron chi connectivity index (χ2n) is 6.22. The summed E-state index contributed by atoms with van der Waals surface area (Å²) < 4.78 is 38.8. The van der Waals surface area contributed by atoms with Crippen LogP contribution >= 0.6 is 0 Å². The highest BCUT2D eigenvalue weighted by Crippen LogP contribution is 2.24. The molecule has 0 saturated carbocycles. The topological polar surface area (TPSA) is 101 Å². The first-order valence-electron chi connectivity index (χ1n) is 7.94. The number of halogens is 1. The standard InChI is InChI=1S/C16H22FN3O4S/c1-11(16(22)19-8-6-12(7-9-19)15(18)21)20(25(2,23)24)14-5-3-4-13(17)10-14/h3-5,10-12H,6-9H2,1-2H3,(H2,18,21)/t11-/m0/s1. The number of piperidine rings is 1. The Morgan fingerprint density at radius 2 is 1.92 bits per heavy atom. The second-order valence-corrected chi connectivity index (χ2v) is 8.08. The van der Waals surface area contributed by atoms with Crippen LogP contribution in [0, 0.1) is 11.7 Å². The summed E-state index contributed by atoms with van der Waals surface area (Å²) in [5.41, 5.74) is 5.37. The van der Waals surface area contributed by atoms with E-state index in [-0.39, 0.29) is 11.6 Å². The molecule has 1 aromatic rings. The van der Waals surface area contributed by atoms with Gasteiger partial charge in [0.05, 0.1) is 11.9 Å². The molecule has 1 fully saturated rings. The number of hydrogen-bond donors (Lipinski definition) is 1. The summed E-state index contributed by atoms with van der Waals surface area (Å²) in [4.78, 5) is 25.5. The van der Waals surface area contributed by atoms with Gasteiger partial charge in [0.2, 0.25) is 21.8 Å². The molecule has 1 aliphatic rings. The Labute approximate surface area is 146 Å². The van der Waals surface area contributed by atoms with Gasteiger partial charge in [0.25, 0.3) is 0 Å². The summed E-state index contributed by atoms with van der Waals surface area (Å²) in [6.07, 6.45) is 1.88. The Hall–Kier alpha value is -2.16. The predicted molar refractivity (Wildman–Crippen MR) is 91.7 cm³/mol. The molecule has 0 bridgehead atoms. The van der Waals surface area contributed by atoms with Crippen LogP contribution in [0.5, 0.6) is 0 Å². The van der Waals surface area contributed by atoms with Gasteiger partial charge in [-0.3, -0.25) is 13.9 Å². The maximum Gasteiger partial charge on any atom is 0.246 e. The first-order chi connectivity index (χ1) is 11.6. The summed E-state index contributed by atoms with van der Waals surface area (Å²) in [6.45, 7) is 2.13. The minimum atomic E-state index is -3.80. The largest absolute Gasteiger partial charge is 0.369 e. The lowest BCUT2D eigenvalue weighted by Crippen LogP contribution is -2.52. The van der Waals surface area contributed by atoms with E-state index >= 15 is 0 Å². The van der Waals surface area contributed by atoms with Crippen molar-refractivity contribution >= 4 is 27.5 Å². The molecule has 25 heavy (non-hydrogen) atoms. The van der Waals surface area contributed by atoms with Crippen LogP contribution in [0.2, 0.25) is 0 Å². The average Bonchev–Trinajstić information content (AvgIpc) is 2.53. The third-order valence-corrected chi connectivity index (χ3v) is 5.58. The van der Waals surface area contributed by atoms with Crippen molar-refractivity contribution < 1.29 is 22.4 Å². The van der Waals surface area contributed by atoms with Crippen LogP contribution in [0.25, 0.3) is 0 Å². The number of primary amides is 1. The Kier molecular flexibility index (Phi) is 5.66. The molecule has 1 aromatic carbocycles. The zero-order valence-electron chi connectivity index (χ0n) is 14.2. The Morgan fingerprint density at radius 1 is 1.32 bits per heavy atom. The van der Waals surface area contributed by atoms with E-state index in [1.807, 2.05) is 0 Å². The number of rotatable bonds is 5. The molecular weight excluding hydrogens is 349 g/mol. The molecule has 2 rings (SSSR count). The van der Waals surface area contributed by atoms with Gasteiger partial charge >= 0.3 is 0 Å². The first-order valence-corrected chi connectivity index (χ1v) is 9.79. The molecular formula is C16H22FN3O4S. The summed E-state index contributed by atoms with van der Waals surface area (Å²) in [6, 6.07) is 4.07. The van der Waals surface area contributed by atoms with E-state index in [4.69, 9.17) is 5.73 Å². The number of anilines is 1. The number of nitrogens with zero attached hydrogens (tertiary/aromatic N) is 2. The van der Waals surface area contributed by atoms with Gasteiger partial charge in [0.1, 0.15) is 11.9 Å². The van der Waals surface area contributed by atoms with Crippen molar-refractivity contribution in [1.29, 1.82) is 0 Å². The van der Waals surface area contributed by atoms with E-state index < -0.39 is 33.7 Å². The number of hydrogen-bond acceptors (Lipinski definition) is 4. The highest BCUT2D eigenvalue weighted by Gasteiger charge is 2.34. The molecule has 0 spiro atoms. The van der Waals surface area contributed by atoms with E-state index in [0.717, 1.165) is 16.6 Å². The number of carbonyl (C=O) groups is 2. The highest BCUT2D eigenvalue weighted by molar-refractivity contribution is 7.92. The normalized spacial score (nSPS) is 17.2. The summed E-state index contributed by atoms with van der Waals surface area (Å²) in [5, 5.41) is 0. The van der Waals surface area contributed by atoms with Gasteiger partial charge in [-0.05, 0) is 38.0 Å². The Morgan fingerprint density at radius 3 is 2.40 bits per heavy atom. The second kappa shape index (κ2) is 7.38. The molecule has 0 radical (unpaired) electrons. The van der Waals surface area contributed by atoms with Crippen molar-refractivity contribution in [3.05, 3.63) is 30.1 Å². The molecule has 0 unspecified atom stereocenters. The molecule has 1 saturated heterocycles. The third-order valence-electron chi connectivity index (χ3n) is 4.34. The number of sulfonamides is 1. The Balaban J connectivity index is 2.21. The lowest BCUT2D eigenvalue weighted by atomic mass is 9.96. The Bertz CT molecular complexity index is 760.